The normalized spacial score (nSPS) is 26.7. The van der Waals surface area contributed by atoms with Crippen LogP contribution in [0, 0.1) is 0 Å². The lowest BCUT2D eigenvalue weighted by atomic mass is 10.1. The number of nitrogens with one attached hydrogen (secondary N) is 2. The van der Waals surface area contributed by atoms with E-state index < -0.39 is 10.0 Å². The minimum Gasteiger partial charge on any atom is -0.368 e. The Kier molecular flexibility index (Phi) is 3.12. The van der Waals surface area contributed by atoms with Crippen molar-refractivity contribution in [2.24, 2.45) is 0 Å². The van der Waals surface area contributed by atoms with E-state index in [-0.39, 0.29) is 17.2 Å². The van der Waals surface area contributed by atoms with Crippen LogP contribution in [0.3, 0.4) is 0 Å². The Hall–Kier alpha value is -1.74. The Bertz CT molecular complexity index is 904. The molecule has 3 aliphatic rings. The van der Waals surface area contributed by atoms with Crippen LogP contribution in [0.1, 0.15) is 49.5 Å². The molecule has 128 valence electrons. The maximum Gasteiger partial charge on any atom is 0.214 e. The van der Waals surface area contributed by atoms with Crippen LogP contribution in [0.25, 0.3) is 5.65 Å². The predicted octanol–water partition coefficient (Wildman–Crippen LogP) is 0.810. The van der Waals surface area contributed by atoms with Crippen LogP contribution in [-0.4, -0.2) is 45.8 Å². The van der Waals surface area contributed by atoms with Crippen molar-refractivity contribution in [3.05, 3.63) is 17.7 Å². The summed E-state index contributed by atoms with van der Waals surface area (Å²) < 4.78 is 29.3. The first kappa shape index (κ1) is 14.6. The molecule has 2 aromatic rings. The molecule has 0 spiro atoms. The molecule has 9 heteroatoms. The molecule has 0 radical (unpaired) electrons. The summed E-state index contributed by atoms with van der Waals surface area (Å²) in [6.45, 7) is 0.882. The Morgan fingerprint density at radius 1 is 1.21 bits per heavy atom. The maximum atomic E-state index is 12.1. The largest absolute Gasteiger partial charge is 0.368 e. The minimum absolute atomic E-state index is 0.0148. The highest BCUT2D eigenvalue weighted by atomic mass is 32.2. The van der Waals surface area contributed by atoms with Crippen LogP contribution in [0.4, 0.5) is 5.82 Å². The SMILES string of the molecule is O=S(=O)(N[C@@H]1CC[C@H](c2nnc3cnc4c(n23)CCN4)C1)C1CC1. The fourth-order valence-corrected chi connectivity index (χ4v) is 5.57. The van der Waals surface area contributed by atoms with E-state index in [9.17, 15) is 8.42 Å². The zero-order chi connectivity index (χ0) is 16.3. The number of hydrogen-bond donors (Lipinski definition) is 2. The highest BCUT2D eigenvalue weighted by molar-refractivity contribution is 7.90. The molecule has 0 aromatic carbocycles. The highest BCUT2D eigenvalue weighted by Crippen LogP contribution is 2.36. The van der Waals surface area contributed by atoms with E-state index in [0.717, 1.165) is 68.1 Å². The minimum atomic E-state index is -3.13. The Labute approximate surface area is 140 Å². The van der Waals surface area contributed by atoms with Gasteiger partial charge in [0, 0.05) is 24.9 Å². The van der Waals surface area contributed by atoms with Gasteiger partial charge in [-0.05, 0) is 32.1 Å². The molecule has 0 bridgehead atoms. The van der Waals surface area contributed by atoms with Crippen molar-refractivity contribution in [1.82, 2.24) is 24.3 Å². The summed E-state index contributed by atoms with van der Waals surface area (Å²) in [5.74, 6) is 2.09. The van der Waals surface area contributed by atoms with E-state index in [1.54, 1.807) is 6.20 Å². The first-order valence-electron chi connectivity index (χ1n) is 8.60. The Morgan fingerprint density at radius 2 is 2.08 bits per heavy atom. The number of anilines is 1. The van der Waals surface area contributed by atoms with Gasteiger partial charge in [-0.3, -0.25) is 4.40 Å². The van der Waals surface area contributed by atoms with Crippen LogP contribution >= 0.6 is 0 Å². The maximum absolute atomic E-state index is 12.1. The summed E-state index contributed by atoms with van der Waals surface area (Å²) in [4.78, 5) is 4.39. The van der Waals surface area contributed by atoms with Crippen molar-refractivity contribution in [1.29, 1.82) is 0 Å². The van der Waals surface area contributed by atoms with E-state index in [4.69, 9.17) is 0 Å². The zero-order valence-corrected chi connectivity index (χ0v) is 14.1. The molecule has 2 aromatic heterocycles. The Morgan fingerprint density at radius 3 is 2.92 bits per heavy atom. The molecule has 2 fully saturated rings. The zero-order valence-electron chi connectivity index (χ0n) is 13.3. The summed E-state index contributed by atoms with van der Waals surface area (Å²) in [7, 11) is -3.13. The number of sulfonamides is 1. The first-order valence-corrected chi connectivity index (χ1v) is 10.1. The average Bonchev–Trinajstić information content (AvgIpc) is 2.96. The molecule has 0 amide bonds. The number of nitrogens with zero attached hydrogens (tertiary/aromatic N) is 4. The second kappa shape index (κ2) is 5.13. The quantitative estimate of drug-likeness (QED) is 0.848. The summed E-state index contributed by atoms with van der Waals surface area (Å²) in [5.41, 5.74) is 1.91. The molecule has 2 saturated carbocycles. The smallest absolute Gasteiger partial charge is 0.214 e. The van der Waals surface area contributed by atoms with Crippen LogP contribution < -0.4 is 10.0 Å². The van der Waals surface area contributed by atoms with Gasteiger partial charge in [0.1, 0.15) is 11.6 Å². The van der Waals surface area contributed by atoms with Crippen LogP contribution in [-0.2, 0) is 16.4 Å². The van der Waals surface area contributed by atoms with Gasteiger partial charge in [-0.2, -0.15) is 0 Å². The third-order valence-electron chi connectivity index (χ3n) is 5.31. The summed E-state index contributed by atoms with van der Waals surface area (Å²) in [5, 5.41) is 11.8. The number of aromatic nitrogens is 4. The molecule has 24 heavy (non-hydrogen) atoms. The summed E-state index contributed by atoms with van der Waals surface area (Å²) in [6, 6.07) is 0.0148. The van der Waals surface area contributed by atoms with Crippen LogP contribution in [0.15, 0.2) is 6.20 Å². The van der Waals surface area contributed by atoms with Crippen molar-refractivity contribution in [3.8, 4) is 0 Å². The fraction of sp³-hybridized carbons (Fsp3) is 0.667. The first-order chi connectivity index (χ1) is 11.6. The monoisotopic (exact) mass is 348 g/mol. The molecular formula is C15H20N6O2S. The van der Waals surface area contributed by atoms with Crippen molar-refractivity contribution >= 4 is 21.5 Å². The second-order valence-corrected chi connectivity index (χ2v) is 9.04. The molecular weight excluding hydrogens is 328 g/mol. The van der Waals surface area contributed by atoms with E-state index in [2.05, 4.69) is 29.6 Å². The third-order valence-corrected chi connectivity index (χ3v) is 7.32. The molecule has 0 saturated heterocycles. The molecule has 2 atom stereocenters. The van der Waals surface area contributed by atoms with Gasteiger partial charge in [0.25, 0.3) is 0 Å². The predicted molar refractivity (Wildman–Crippen MR) is 88.4 cm³/mol. The number of rotatable bonds is 4. The molecule has 8 nitrogen and oxygen atoms in total. The second-order valence-electron chi connectivity index (χ2n) is 7.05. The molecule has 2 aliphatic carbocycles. The van der Waals surface area contributed by atoms with Gasteiger partial charge < -0.3 is 5.32 Å². The summed E-state index contributed by atoms with van der Waals surface area (Å²) in [6.07, 6.45) is 6.83. The van der Waals surface area contributed by atoms with Gasteiger partial charge >= 0.3 is 0 Å². The molecule has 3 heterocycles. The lowest BCUT2D eigenvalue weighted by Gasteiger charge is -2.13. The van der Waals surface area contributed by atoms with Gasteiger partial charge in [-0.25, -0.2) is 18.1 Å². The van der Waals surface area contributed by atoms with Crippen molar-refractivity contribution in [2.45, 2.75) is 55.7 Å². The van der Waals surface area contributed by atoms with Crippen molar-refractivity contribution < 1.29 is 8.42 Å². The third kappa shape index (κ3) is 2.29. The van der Waals surface area contributed by atoms with Gasteiger partial charge in [-0.1, -0.05) is 0 Å². The average molecular weight is 348 g/mol. The van der Waals surface area contributed by atoms with E-state index in [1.165, 1.54) is 0 Å². The Balaban J connectivity index is 1.42. The molecule has 2 N–H and O–H groups in total. The van der Waals surface area contributed by atoms with Gasteiger partial charge in [0.2, 0.25) is 10.0 Å². The lowest BCUT2D eigenvalue weighted by molar-refractivity contribution is 0.545. The van der Waals surface area contributed by atoms with Gasteiger partial charge in [0.05, 0.1) is 17.1 Å². The fourth-order valence-electron chi connectivity index (χ4n) is 3.94. The van der Waals surface area contributed by atoms with E-state index in [1.807, 2.05) is 0 Å². The highest BCUT2D eigenvalue weighted by Gasteiger charge is 2.39. The number of hydrogen-bond acceptors (Lipinski definition) is 6. The van der Waals surface area contributed by atoms with E-state index >= 15 is 0 Å². The van der Waals surface area contributed by atoms with E-state index in [0.29, 0.717) is 0 Å². The molecule has 0 unspecified atom stereocenters. The summed E-state index contributed by atoms with van der Waals surface area (Å²) >= 11 is 0. The lowest BCUT2D eigenvalue weighted by Crippen LogP contribution is -2.35. The van der Waals surface area contributed by atoms with Crippen molar-refractivity contribution in [3.63, 3.8) is 0 Å². The topological polar surface area (TPSA) is 101 Å². The standard InChI is InChI=1S/C15H20N6O2S/c22-24(23,11-3-4-11)20-10-2-1-9(7-10)15-19-18-13-8-17-14-12(21(13)15)5-6-16-14/h8-11,16,20H,1-7H2/t9-,10+/m0/s1. The number of fused-ring (bicyclic) bond motifs is 3. The molecule has 1 aliphatic heterocycles. The van der Waals surface area contributed by atoms with Gasteiger partial charge in [-0.15, -0.1) is 10.2 Å². The van der Waals surface area contributed by atoms with Crippen LogP contribution in [0.5, 0.6) is 0 Å². The van der Waals surface area contributed by atoms with Gasteiger partial charge in [0.15, 0.2) is 5.65 Å². The molecule has 5 rings (SSSR count). The van der Waals surface area contributed by atoms with Crippen LogP contribution in [0.2, 0.25) is 0 Å². The van der Waals surface area contributed by atoms with Crippen molar-refractivity contribution in [2.75, 3.05) is 11.9 Å².